The van der Waals surface area contributed by atoms with E-state index in [2.05, 4.69) is 35.9 Å². The summed E-state index contributed by atoms with van der Waals surface area (Å²) in [5.74, 6) is 2.96. The largest absolute Gasteiger partial charge is 0.357 e. The van der Waals surface area contributed by atoms with E-state index in [-0.39, 0.29) is 0 Å². The van der Waals surface area contributed by atoms with Crippen LogP contribution in [0.5, 0.6) is 0 Å². The van der Waals surface area contributed by atoms with Crippen LogP contribution in [0, 0.1) is 11.8 Å². The zero-order valence-corrected chi connectivity index (χ0v) is 11.8. The standard InChI is InChI=1S/C16H26N2/c1-3-7-14(2)15-8-6-12-18(13-10-15)16-9-4-5-11-17-16/h4-5,9,11,14-15H,3,6-8,10,12-13H2,1-2H3. The summed E-state index contributed by atoms with van der Waals surface area (Å²) in [5, 5.41) is 0. The van der Waals surface area contributed by atoms with Gasteiger partial charge in [-0.3, -0.25) is 0 Å². The topological polar surface area (TPSA) is 16.1 Å². The highest BCUT2D eigenvalue weighted by molar-refractivity contribution is 5.37. The molecule has 18 heavy (non-hydrogen) atoms. The summed E-state index contributed by atoms with van der Waals surface area (Å²) >= 11 is 0. The van der Waals surface area contributed by atoms with Crippen molar-refractivity contribution < 1.29 is 0 Å². The second-order valence-electron chi connectivity index (χ2n) is 5.63. The predicted octanol–water partition coefficient (Wildman–Crippen LogP) is 4.12. The average molecular weight is 246 g/mol. The van der Waals surface area contributed by atoms with Crippen molar-refractivity contribution in [2.24, 2.45) is 11.8 Å². The molecule has 1 aliphatic heterocycles. The van der Waals surface area contributed by atoms with Crippen LogP contribution in [0.25, 0.3) is 0 Å². The van der Waals surface area contributed by atoms with Gasteiger partial charge in [0.1, 0.15) is 5.82 Å². The SMILES string of the molecule is CCCC(C)C1CCCN(c2ccccn2)CC1. The first-order chi connectivity index (χ1) is 8.81. The molecule has 1 aromatic rings. The van der Waals surface area contributed by atoms with E-state index in [4.69, 9.17) is 0 Å². The lowest BCUT2D eigenvalue weighted by atomic mass is 9.85. The zero-order chi connectivity index (χ0) is 12.8. The van der Waals surface area contributed by atoms with Crippen molar-refractivity contribution in [3.8, 4) is 0 Å². The van der Waals surface area contributed by atoms with Gasteiger partial charge >= 0.3 is 0 Å². The molecule has 2 heteroatoms. The van der Waals surface area contributed by atoms with Gasteiger partial charge in [0.2, 0.25) is 0 Å². The molecule has 0 aromatic carbocycles. The van der Waals surface area contributed by atoms with Crippen molar-refractivity contribution >= 4 is 5.82 Å². The molecule has 0 amide bonds. The van der Waals surface area contributed by atoms with E-state index >= 15 is 0 Å². The zero-order valence-electron chi connectivity index (χ0n) is 11.8. The van der Waals surface area contributed by atoms with Gasteiger partial charge < -0.3 is 4.90 Å². The number of hydrogen-bond donors (Lipinski definition) is 0. The van der Waals surface area contributed by atoms with E-state index in [1.54, 1.807) is 0 Å². The van der Waals surface area contributed by atoms with Gasteiger partial charge in [0.25, 0.3) is 0 Å². The molecule has 0 radical (unpaired) electrons. The van der Waals surface area contributed by atoms with Gasteiger partial charge in [-0.05, 0) is 43.2 Å². The number of aromatic nitrogens is 1. The monoisotopic (exact) mass is 246 g/mol. The van der Waals surface area contributed by atoms with Crippen LogP contribution in [-0.2, 0) is 0 Å². The molecular weight excluding hydrogens is 220 g/mol. The minimum atomic E-state index is 0.888. The fraction of sp³-hybridized carbons (Fsp3) is 0.688. The number of anilines is 1. The Balaban J connectivity index is 1.92. The van der Waals surface area contributed by atoms with Gasteiger partial charge in [0, 0.05) is 19.3 Å². The van der Waals surface area contributed by atoms with Gasteiger partial charge in [0.15, 0.2) is 0 Å². The van der Waals surface area contributed by atoms with Crippen molar-refractivity contribution in [1.82, 2.24) is 4.98 Å². The molecule has 100 valence electrons. The van der Waals surface area contributed by atoms with Crippen molar-refractivity contribution in [2.75, 3.05) is 18.0 Å². The normalized spacial score (nSPS) is 22.6. The van der Waals surface area contributed by atoms with Crippen LogP contribution in [0.4, 0.5) is 5.82 Å². The smallest absolute Gasteiger partial charge is 0.128 e. The molecule has 2 nitrogen and oxygen atoms in total. The Hall–Kier alpha value is -1.05. The molecule has 0 aliphatic carbocycles. The molecule has 2 unspecified atom stereocenters. The first-order valence-corrected chi connectivity index (χ1v) is 7.47. The van der Waals surface area contributed by atoms with Gasteiger partial charge in [-0.15, -0.1) is 0 Å². The van der Waals surface area contributed by atoms with Crippen molar-refractivity contribution in [3.63, 3.8) is 0 Å². The minimum absolute atomic E-state index is 0.888. The van der Waals surface area contributed by atoms with Crippen LogP contribution in [0.15, 0.2) is 24.4 Å². The van der Waals surface area contributed by atoms with Crippen LogP contribution >= 0.6 is 0 Å². The lowest BCUT2D eigenvalue weighted by Crippen LogP contribution is -2.25. The summed E-state index contributed by atoms with van der Waals surface area (Å²) in [4.78, 5) is 6.93. The second kappa shape index (κ2) is 6.77. The summed E-state index contributed by atoms with van der Waals surface area (Å²) in [6, 6.07) is 6.22. The number of hydrogen-bond acceptors (Lipinski definition) is 2. The van der Waals surface area contributed by atoms with E-state index in [9.17, 15) is 0 Å². The number of rotatable bonds is 4. The molecule has 0 bridgehead atoms. The molecule has 1 saturated heterocycles. The Morgan fingerprint density at radius 2 is 2.22 bits per heavy atom. The highest BCUT2D eigenvalue weighted by Gasteiger charge is 2.21. The lowest BCUT2D eigenvalue weighted by Gasteiger charge is -2.23. The maximum Gasteiger partial charge on any atom is 0.128 e. The molecule has 2 heterocycles. The van der Waals surface area contributed by atoms with Crippen LogP contribution < -0.4 is 4.90 Å². The molecule has 1 fully saturated rings. The fourth-order valence-corrected chi connectivity index (χ4v) is 3.15. The van der Waals surface area contributed by atoms with Gasteiger partial charge in [-0.1, -0.05) is 32.8 Å². The van der Waals surface area contributed by atoms with Crippen LogP contribution in [0.1, 0.15) is 46.0 Å². The van der Waals surface area contributed by atoms with E-state index in [0.717, 1.165) is 17.7 Å². The first-order valence-electron chi connectivity index (χ1n) is 7.47. The van der Waals surface area contributed by atoms with Crippen LogP contribution in [0.2, 0.25) is 0 Å². The summed E-state index contributed by atoms with van der Waals surface area (Å²) in [6.07, 6.45) is 8.64. The van der Waals surface area contributed by atoms with E-state index in [1.165, 1.54) is 45.2 Å². The van der Waals surface area contributed by atoms with E-state index in [0.29, 0.717) is 0 Å². The summed E-state index contributed by atoms with van der Waals surface area (Å²) in [6.45, 7) is 7.08. The molecule has 0 saturated carbocycles. The van der Waals surface area contributed by atoms with E-state index in [1.807, 2.05) is 12.3 Å². The molecule has 2 rings (SSSR count). The highest BCUT2D eigenvalue weighted by Crippen LogP contribution is 2.29. The predicted molar refractivity (Wildman–Crippen MR) is 77.9 cm³/mol. The van der Waals surface area contributed by atoms with Crippen LogP contribution in [0.3, 0.4) is 0 Å². The molecule has 0 N–H and O–H groups in total. The Bertz CT molecular complexity index is 336. The lowest BCUT2D eigenvalue weighted by molar-refractivity contribution is 0.308. The average Bonchev–Trinajstić information content (AvgIpc) is 2.66. The third kappa shape index (κ3) is 3.47. The van der Waals surface area contributed by atoms with Crippen molar-refractivity contribution in [2.45, 2.75) is 46.0 Å². The van der Waals surface area contributed by atoms with Crippen molar-refractivity contribution in [1.29, 1.82) is 0 Å². The molecule has 2 atom stereocenters. The van der Waals surface area contributed by atoms with Gasteiger partial charge in [0.05, 0.1) is 0 Å². The summed E-state index contributed by atoms with van der Waals surface area (Å²) in [7, 11) is 0. The Morgan fingerprint density at radius 1 is 1.33 bits per heavy atom. The molecule has 0 spiro atoms. The number of pyridine rings is 1. The third-order valence-corrected chi connectivity index (χ3v) is 4.29. The third-order valence-electron chi connectivity index (χ3n) is 4.29. The summed E-state index contributed by atoms with van der Waals surface area (Å²) < 4.78 is 0. The Labute approximate surface area is 111 Å². The fourth-order valence-electron chi connectivity index (χ4n) is 3.15. The molecule has 1 aliphatic rings. The minimum Gasteiger partial charge on any atom is -0.357 e. The summed E-state index contributed by atoms with van der Waals surface area (Å²) in [5.41, 5.74) is 0. The Kier molecular flexibility index (Phi) is 5.03. The number of nitrogens with zero attached hydrogens (tertiary/aromatic N) is 2. The van der Waals surface area contributed by atoms with Crippen LogP contribution in [-0.4, -0.2) is 18.1 Å². The van der Waals surface area contributed by atoms with Gasteiger partial charge in [-0.25, -0.2) is 4.98 Å². The maximum atomic E-state index is 4.48. The first kappa shape index (κ1) is 13.4. The Morgan fingerprint density at radius 3 is 2.94 bits per heavy atom. The maximum absolute atomic E-state index is 4.48. The van der Waals surface area contributed by atoms with E-state index < -0.39 is 0 Å². The highest BCUT2D eigenvalue weighted by atomic mass is 15.2. The quantitative estimate of drug-likeness (QED) is 0.794. The second-order valence-corrected chi connectivity index (χ2v) is 5.63. The van der Waals surface area contributed by atoms with Gasteiger partial charge in [-0.2, -0.15) is 0 Å². The molecular formula is C16H26N2. The van der Waals surface area contributed by atoms with Crippen molar-refractivity contribution in [3.05, 3.63) is 24.4 Å². The molecule has 1 aromatic heterocycles.